The summed E-state index contributed by atoms with van der Waals surface area (Å²) in [7, 11) is 0. The van der Waals surface area contributed by atoms with E-state index in [0.29, 0.717) is 0 Å². The summed E-state index contributed by atoms with van der Waals surface area (Å²) in [5.41, 5.74) is 0. The van der Waals surface area contributed by atoms with Crippen molar-refractivity contribution in [2.45, 2.75) is 41.0 Å². The molecule has 0 aromatic heterocycles. The van der Waals surface area contributed by atoms with Gasteiger partial charge in [0.2, 0.25) is 0 Å². The predicted octanol–water partition coefficient (Wildman–Crippen LogP) is 5.73. The molecule has 0 rings (SSSR count). The lowest BCUT2D eigenvalue weighted by Gasteiger charge is -2.25. The van der Waals surface area contributed by atoms with Gasteiger partial charge in [0.15, 0.2) is 0 Å². The van der Waals surface area contributed by atoms with Crippen LogP contribution in [0.4, 0.5) is 26.3 Å². The molecule has 0 heterocycles. The predicted molar refractivity (Wildman–Crippen MR) is 68.0 cm³/mol. The Morgan fingerprint density at radius 2 is 1.06 bits per heavy atom. The van der Waals surface area contributed by atoms with Crippen LogP contribution in [0, 0.1) is 5.92 Å². The molecule has 0 aromatic rings. The van der Waals surface area contributed by atoms with Crippen LogP contribution in [-0.2, 0) is 0 Å². The Morgan fingerprint density at radius 1 is 0.875 bits per heavy atom. The second-order valence-electron chi connectivity index (χ2n) is 3.37. The summed E-state index contributed by atoms with van der Waals surface area (Å²) in [4.78, 5) is 0. The third-order valence-corrected chi connectivity index (χ3v) is 2.88. The number of alkyl halides is 8. The van der Waals surface area contributed by atoms with E-state index in [4.69, 9.17) is 0 Å². The zero-order chi connectivity index (χ0) is 13.8. The SMILES string of the molecule is CCC(C)C.FC(F)(I)C(F)(F)C(F)(F)I. The van der Waals surface area contributed by atoms with Gasteiger partial charge in [0.25, 0.3) is 0 Å². The van der Waals surface area contributed by atoms with Crippen LogP contribution in [0.2, 0.25) is 0 Å². The molecule has 0 atom stereocenters. The Bertz CT molecular complexity index is 178. The first-order valence-electron chi connectivity index (χ1n) is 4.28. The van der Waals surface area contributed by atoms with Crippen molar-refractivity contribution in [1.82, 2.24) is 0 Å². The average molecular weight is 476 g/mol. The van der Waals surface area contributed by atoms with E-state index in [1.54, 1.807) is 0 Å². The summed E-state index contributed by atoms with van der Waals surface area (Å²) in [6.45, 7) is 6.64. The zero-order valence-electron chi connectivity index (χ0n) is 8.81. The van der Waals surface area contributed by atoms with Gasteiger partial charge in [-0.2, -0.15) is 26.3 Å². The molecule has 0 radical (unpaired) electrons. The van der Waals surface area contributed by atoms with Crippen molar-refractivity contribution in [1.29, 1.82) is 0 Å². The molecule has 0 N–H and O–H groups in total. The molecule has 0 aliphatic carbocycles. The topological polar surface area (TPSA) is 0 Å². The standard InChI is InChI=1S/C5H12.C3F6I2/c1-4-5(2)3;4-1(5,2(6,7)10)3(8,9)11/h5H,4H2,1-3H3;. The van der Waals surface area contributed by atoms with Gasteiger partial charge in [0, 0.05) is 45.2 Å². The Morgan fingerprint density at radius 3 is 1.06 bits per heavy atom. The molecule has 0 fully saturated rings. The summed E-state index contributed by atoms with van der Waals surface area (Å²) < 4.78 is 61.4. The second kappa shape index (κ2) is 6.83. The second-order valence-corrected chi connectivity index (χ2v) is 6.08. The molecule has 0 aromatic carbocycles. The molecule has 16 heavy (non-hydrogen) atoms. The zero-order valence-corrected chi connectivity index (χ0v) is 13.1. The lowest BCUT2D eigenvalue weighted by Crippen LogP contribution is -2.47. The Hall–Kier alpha value is 1.04. The van der Waals surface area contributed by atoms with E-state index in [2.05, 4.69) is 20.8 Å². The molecule has 0 aliphatic rings. The van der Waals surface area contributed by atoms with Crippen LogP contribution in [0.1, 0.15) is 27.2 Å². The fourth-order valence-electron chi connectivity index (χ4n) is 0.161. The molecule has 0 saturated carbocycles. The number of rotatable bonds is 3. The van der Waals surface area contributed by atoms with Gasteiger partial charge in [-0.25, -0.2) is 0 Å². The Kier molecular flexibility index (Phi) is 8.28. The molecule has 0 saturated heterocycles. The van der Waals surface area contributed by atoms with Gasteiger partial charge in [-0.1, -0.05) is 27.2 Å². The maximum Gasteiger partial charge on any atom is 0.390 e. The normalized spacial score (nSPS) is 13.5. The van der Waals surface area contributed by atoms with E-state index in [1.807, 2.05) is 0 Å². The van der Waals surface area contributed by atoms with Crippen LogP contribution in [0.3, 0.4) is 0 Å². The summed E-state index contributed by atoms with van der Waals surface area (Å²) >= 11 is -0.0470. The monoisotopic (exact) mass is 476 g/mol. The van der Waals surface area contributed by atoms with Gasteiger partial charge in [-0.3, -0.25) is 0 Å². The molecule has 0 spiro atoms. The molecule has 0 bridgehead atoms. The molecule has 0 aliphatic heterocycles. The van der Waals surface area contributed by atoms with Gasteiger partial charge < -0.3 is 0 Å². The highest BCUT2D eigenvalue weighted by atomic mass is 127. The van der Waals surface area contributed by atoms with Crippen LogP contribution >= 0.6 is 45.2 Å². The maximum absolute atomic E-state index is 11.9. The molecule has 0 amide bonds. The quantitative estimate of drug-likeness (QED) is 0.278. The first-order chi connectivity index (χ1) is 6.77. The van der Waals surface area contributed by atoms with E-state index in [-0.39, 0.29) is 45.2 Å². The molecule has 0 nitrogen and oxygen atoms in total. The van der Waals surface area contributed by atoms with Crippen LogP contribution in [0.25, 0.3) is 0 Å². The van der Waals surface area contributed by atoms with E-state index in [9.17, 15) is 26.3 Å². The van der Waals surface area contributed by atoms with Gasteiger partial charge in [-0.15, -0.1) is 0 Å². The van der Waals surface area contributed by atoms with Crippen molar-refractivity contribution < 1.29 is 26.3 Å². The highest BCUT2D eigenvalue weighted by Crippen LogP contribution is 2.51. The fourth-order valence-corrected chi connectivity index (χ4v) is 1.35. The molecule has 8 heteroatoms. The van der Waals surface area contributed by atoms with Crippen molar-refractivity contribution in [2.75, 3.05) is 0 Å². The van der Waals surface area contributed by atoms with Crippen molar-refractivity contribution in [3.63, 3.8) is 0 Å². The third kappa shape index (κ3) is 6.70. The van der Waals surface area contributed by atoms with Crippen molar-refractivity contribution in [3.8, 4) is 0 Å². The van der Waals surface area contributed by atoms with E-state index < -0.39 is 13.8 Å². The Labute approximate surface area is 118 Å². The van der Waals surface area contributed by atoms with Crippen LogP contribution < -0.4 is 0 Å². The summed E-state index contributed by atoms with van der Waals surface area (Å²) in [6, 6.07) is 0. The van der Waals surface area contributed by atoms with Crippen LogP contribution in [0.5, 0.6) is 0 Å². The minimum absolute atomic E-state index is 0.0235. The lowest BCUT2D eigenvalue weighted by molar-refractivity contribution is -0.221. The molecular weight excluding hydrogens is 464 g/mol. The van der Waals surface area contributed by atoms with Crippen LogP contribution in [-0.4, -0.2) is 13.8 Å². The molecular formula is C8H12F6I2. The lowest BCUT2D eigenvalue weighted by atomic mass is 10.2. The van der Waals surface area contributed by atoms with Crippen molar-refractivity contribution in [2.24, 2.45) is 5.92 Å². The first-order valence-corrected chi connectivity index (χ1v) is 6.44. The number of hydrogen-bond acceptors (Lipinski definition) is 0. The van der Waals surface area contributed by atoms with E-state index in [1.165, 1.54) is 6.42 Å². The van der Waals surface area contributed by atoms with E-state index >= 15 is 0 Å². The highest BCUT2D eigenvalue weighted by molar-refractivity contribution is 14.1. The smallest absolute Gasteiger partial charge is 0.191 e. The summed E-state index contributed by atoms with van der Waals surface area (Å²) in [5.74, 6) is -4.43. The first kappa shape index (κ1) is 19.4. The summed E-state index contributed by atoms with van der Waals surface area (Å²) in [5, 5.41) is 0. The minimum atomic E-state index is -5.32. The fraction of sp³-hybridized carbons (Fsp3) is 1.00. The molecule has 100 valence electrons. The third-order valence-electron chi connectivity index (χ3n) is 1.53. The van der Waals surface area contributed by atoms with Crippen LogP contribution in [0.15, 0.2) is 0 Å². The van der Waals surface area contributed by atoms with Crippen molar-refractivity contribution >= 4 is 45.2 Å². The average Bonchev–Trinajstić information content (AvgIpc) is 2.01. The molecule has 0 unspecified atom stereocenters. The maximum atomic E-state index is 11.9. The number of hydrogen-bond donors (Lipinski definition) is 0. The largest absolute Gasteiger partial charge is 0.390 e. The number of halogens is 8. The van der Waals surface area contributed by atoms with Gasteiger partial charge >= 0.3 is 13.8 Å². The van der Waals surface area contributed by atoms with E-state index in [0.717, 1.165) is 5.92 Å². The summed E-state index contributed by atoms with van der Waals surface area (Å²) in [6.07, 6.45) is 1.31. The highest BCUT2D eigenvalue weighted by Gasteiger charge is 2.69. The Balaban J connectivity index is 0. The van der Waals surface area contributed by atoms with Gasteiger partial charge in [-0.05, 0) is 5.92 Å². The minimum Gasteiger partial charge on any atom is -0.191 e. The van der Waals surface area contributed by atoms with Gasteiger partial charge in [0.05, 0.1) is 0 Å². The van der Waals surface area contributed by atoms with Crippen molar-refractivity contribution in [3.05, 3.63) is 0 Å². The van der Waals surface area contributed by atoms with Gasteiger partial charge in [0.1, 0.15) is 0 Å².